The third kappa shape index (κ3) is 2.52. The van der Waals surface area contributed by atoms with E-state index in [1.807, 2.05) is 0 Å². The Labute approximate surface area is 128 Å². The monoisotopic (exact) mass is 345 g/mol. The van der Waals surface area contributed by atoms with Crippen molar-refractivity contribution in [2.24, 2.45) is 0 Å². The maximum atomic E-state index is 13.3. The molecule has 21 heavy (non-hydrogen) atoms. The maximum Gasteiger partial charge on any atom is 0.258 e. The maximum absolute atomic E-state index is 13.3. The van der Waals surface area contributed by atoms with E-state index >= 15 is 0 Å². The standard InChI is InChI=1S/C16H9BrFNO2/c17-13-8-9(5-6-14(13)18)7-12-10-3-1-2-4-11(10)15(20)19-16(12)21/h1-8H,(H,19,20,21)/b12-7-. The van der Waals surface area contributed by atoms with Gasteiger partial charge in [0.15, 0.2) is 0 Å². The van der Waals surface area contributed by atoms with Crippen LogP contribution in [0.25, 0.3) is 11.6 Å². The Morgan fingerprint density at radius 3 is 2.43 bits per heavy atom. The Kier molecular flexibility index (Phi) is 3.43. The van der Waals surface area contributed by atoms with Crippen molar-refractivity contribution in [1.29, 1.82) is 0 Å². The Morgan fingerprint density at radius 2 is 1.71 bits per heavy atom. The molecule has 0 aromatic heterocycles. The highest BCUT2D eigenvalue weighted by atomic mass is 79.9. The van der Waals surface area contributed by atoms with Gasteiger partial charge in [-0.15, -0.1) is 0 Å². The van der Waals surface area contributed by atoms with E-state index in [2.05, 4.69) is 21.2 Å². The van der Waals surface area contributed by atoms with E-state index in [1.165, 1.54) is 6.07 Å². The molecule has 0 spiro atoms. The predicted octanol–water partition coefficient (Wildman–Crippen LogP) is 3.40. The van der Waals surface area contributed by atoms with Crippen LogP contribution in [0.3, 0.4) is 0 Å². The Bertz CT molecular complexity index is 799. The molecule has 1 heterocycles. The lowest BCUT2D eigenvalue weighted by Gasteiger charge is -2.18. The average Bonchev–Trinajstić information content (AvgIpc) is 2.47. The number of carbonyl (C=O) groups excluding carboxylic acids is 2. The second-order valence-electron chi connectivity index (χ2n) is 4.56. The van der Waals surface area contributed by atoms with Crippen LogP contribution in [0.15, 0.2) is 46.9 Å². The van der Waals surface area contributed by atoms with E-state index in [0.717, 1.165) is 0 Å². The number of hydrogen-bond acceptors (Lipinski definition) is 2. The van der Waals surface area contributed by atoms with E-state index in [1.54, 1.807) is 42.5 Å². The smallest absolute Gasteiger partial charge is 0.258 e. The van der Waals surface area contributed by atoms with Gasteiger partial charge in [0.2, 0.25) is 0 Å². The number of rotatable bonds is 1. The fourth-order valence-corrected chi connectivity index (χ4v) is 2.58. The first-order valence-corrected chi connectivity index (χ1v) is 6.97. The van der Waals surface area contributed by atoms with Gasteiger partial charge in [0, 0.05) is 11.1 Å². The lowest BCUT2D eigenvalue weighted by molar-refractivity contribution is -0.114. The Hall–Kier alpha value is -2.27. The van der Waals surface area contributed by atoms with Gasteiger partial charge in [-0.25, -0.2) is 4.39 Å². The Morgan fingerprint density at radius 1 is 1.00 bits per heavy atom. The molecule has 104 valence electrons. The summed E-state index contributed by atoms with van der Waals surface area (Å²) in [4.78, 5) is 23.8. The van der Waals surface area contributed by atoms with Gasteiger partial charge in [0.1, 0.15) is 5.82 Å². The normalized spacial score (nSPS) is 15.8. The SMILES string of the molecule is O=C1NC(=O)c2ccccc2/C1=C/c1ccc(F)c(Br)c1. The van der Waals surface area contributed by atoms with Crippen LogP contribution < -0.4 is 5.32 Å². The highest BCUT2D eigenvalue weighted by Crippen LogP contribution is 2.27. The molecule has 0 fully saturated rings. The molecule has 5 heteroatoms. The molecule has 3 nitrogen and oxygen atoms in total. The van der Waals surface area contributed by atoms with Crippen molar-refractivity contribution in [2.45, 2.75) is 0 Å². The van der Waals surface area contributed by atoms with E-state index in [0.29, 0.717) is 26.7 Å². The molecule has 2 aromatic rings. The zero-order valence-corrected chi connectivity index (χ0v) is 12.3. The Balaban J connectivity index is 2.14. The van der Waals surface area contributed by atoms with Gasteiger partial charge in [-0.3, -0.25) is 14.9 Å². The van der Waals surface area contributed by atoms with Crippen molar-refractivity contribution in [3.63, 3.8) is 0 Å². The molecule has 2 aromatic carbocycles. The number of halogens is 2. The van der Waals surface area contributed by atoms with Crippen LogP contribution in [0.5, 0.6) is 0 Å². The molecule has 0 bridgehead atoms. The lowest BCUT2D eigenvalue weighted by atomic mass is 9.93. The molecule has 0 aliphatic carbocycles. The third-order valence-corrected chi connectivity index (χ3v) is 3.80. The van der Waals surface area contributed by atoms with E-state index in [4.69, 9.17) is 0 Å². The third-order valence-electron chi connectivity index (χ3n) is 3.19. The molecule has 0 saturated carbocycles. The minimum absolute atomic E-state index is 0.317. The van der Waals surface area contributed by atoms with Gasteiger partial charge in [-0.2, -0.15) is 0 Å². The first kappa shape index (κ1) is 13.7. The van der Waals surface area contributed by atoms with Crippen LogP contribution in [0.1, 0.15) is 21.5 Å². The van der Waals surface area contributed by atoms with Crippen molar-refractivity contribution in [1.82, 2.24) is 5.32 Å². The van der Waals surface area contributed by atoms with Gasteiger partial charge in [-0.1, -0.05) is 24.3 Å². The van der Waals surface area contributed by atoms with Gasteiger partial charge in [0.05, 0.1) is 4.47 Å². The van der Waals surface area contributed by atoms with Crippen LogP contribution >= 0.6 is 15.9 Å². The summed E-state index contributed by atoms with van der Waals surface area (Å²) in [7, 11) is 0. The second kappa shape index (κ2) is 5.26. The van der Waals surface area contributed by atoms with Crippen molar-refractivity contribution < 1.29 is 14.0 Å². The number of hydrogen-bond donors (Lipinski definition) is 1. The summed E-state index contributed by atoms with van der Waals surface area (Å²) in [5.41, 5.74) is 2.07. The zero-order chi connectivity index (χ0) is 15.0. The summed E-state index contributed by atoms with van der Waals surface area (Å²) in [6, 6.07) is 11.3. The first-order chi connectivity index (χ1) is 10.1. The fraction of sp³-hybridized carbons (Fsp3) is 0. The molecular formula is C16H9BrFNO2. The minimum atomic E-state index is -0.459. The number of nitrogens with one attached hydrogen (secondary N) is 1. The summed E-state index contributed by atoms with van der Waals surface area (Å²) in [5, 5.41) is 2.30. The lowest BCUT2D eigenvalue weighted by Crippen LogP contribution is -2.36. The highest BCUT2D eigenvalue weighted by Gasteiger charge is 2.26. The molecule has 3 rings (SSSR count). The van der Waals surface area contributed by atoms with Gasteiger partial charge >= 0.3 is 0 Å². The van der Waals surface area contributed by atoms with Crippen molar-refractivity contribution in [3.05, 3.63) is 69.4 Å². The zero-order valence-electron chi connectivity index (χ0n) is 10.7. The average molecular weight is 346 g/mol. The van der Waals surface area contributed by atoms with Crippen LogP contribution in [-0.4, -0.2) is 11.8 Å². The van der Waals surface area contributed by atoms with Gasteiger partial charge < -0.3 is 0 Å². The van der Waals surface area contributed by atoms with Crippen molar-refractivity contribution >= 4 is 39.4 Å². The topological polar surface area (TPSA) is 46.2 Å². The van der Waals surface area contributed by atoms with Crippen LogP contribution in [0.4, 0.5) is 4.39 Å². The van der Waals surface area contributed by atoms with Gasteiger partial charge in [-0.05, 0) is 51.3 Å². The van der Waals surface area contributed by atoms with Crippen molar-refractivity contribution in [2.75, 3.05) is 0 Å². The van der Waals surface area contributed by atoms with Crippen LogP contribution in [0.2, 0.25) is 0 Å². The minimum Gasteiger partial charge on any atom is -0.288 e. The summed E-state index contributed by atoms with van der Waals surface area (Å²) in [5.74, 6) is -1.24. The molecule has 1 aliphatic rings. The van der Waals surface area contributed by atoms with Crippen LogP contribution in [0, 0.1) is 5.82 Å². The molecule has 2 amide bonds. The molecule has 0 radical (unpaired) electrons. The molecule has 0 atom stereocenters. The molecule has 0 unspecified atom stereocenters. The highest BCUT2D eigenvalue weighted by molar-refractivity contribution is 9.10. The second-order valence-corrected chi connectivity index (χ2v) is 5.41. The number of carbonyl (C=O) groups is 2. The number of fused-ring (bicyclic) bond motifs is 1. The first-order valence-electron chi connectivity index (χ1n) is 6.18. The molecule has 1 N–H and O–H groups in total. The molecular weight excluding hydrogens is 337 g/mol. The molecule has 1 aliphatic heterocycles. The molecule has 0 saturated heterocycles. The summed E-state index contributed by atoms with van der Waals surface area (Å²) in [6.07, 6.45) is 1.63. The number of imide groups is 1. The number of benzene rings is 2. The van der Waals surface area contributed by atoms with Gasteiger partial charge in [0.25, 0.3) is 11.8 Å². The summed E-state index contributed by atoms with van der Waals surface area (Å²) in [6.45, 7) is 0. The van der Waals surface area contributed by atoms with Crippen molar-refractivity contribution in [3.8, 4) is 0 Å². The predicted molar refractivity (Wildman–Crippen MR) is 80.9 cm³/mol. The number of amides is 2. The van der Waals surface area contributed by atoms with E-state index in [-0.39, 0.29) is 5.82 Å². The summed E-state index contributed by atoms with van der Waals surface area (Å²) < 4.78 is 13.6. The largest absolute Gasteiger partial charge is 0.288 e. The fourth-order valence-electron chi connectivity index (χ4n) is 2.19. The quantitative estimate of drug-likeness (QED) is 0.636. The summed E-state index contributed by atoms with van der Waals surface area (Å²) >= 11 is 3.11. The van der Waals surface area contributed by atoms with E-state index in [9.17, 15) is 14.0 Å². The van der Waals surface area contributed by atoms with E-state index < -0.39 is 11.8 Å². The van der Waals surface area contributed by atoms with Crippen LogP contribution in [-0.2, 0) is 4.79 Å².